The third-order valence-corrected chi connectivity index (χ3v) is 4.18. The third kappa shape index (κ3) is 6.75. The van der Waals surface area contributed by atoms with Gasteiger partial charge in [0.2, 0.25) is 0 Å². The van der Waals surface area contributed by atoms with Gasteiger partial charge in [0.15, 0.2) is 0 Å². The van der Waals surface area contributed by atoms with Crippen LogP contribution < -0.4 is 10.1 Å². The molecule has 0 spiro atoms. The quantitative estimate of drug-likeness (QED) is 0.845. The van der Waals surface area contributed by atoms with Crippen molar-refractivity contribution in [3.8, 4) is 5.75 Å². The van der Waals surface area contributed by atoms with E-state index in [0.29, 0.717) is 11.6 Å². The van der Waals surface area contributed by atoms with Gasteiger partial charge < -0.3 is 14.8 Å². The number of ether oxygens (including phenoxy) is 2. The molecule has 5 nitrogen and oxygen atoms in total. The molecule has 1 aromatic carbocycles. The first-order valence-corrected chi connectivity index (χ1v) is 9.27. The van der Waals surface area contributed by atoms with Crippen molar-refractivity contribution in [3.05, 3.63) is 28.8 Å². The molecule has 2 rings (SSSR count). The van der Waals surface area contributed by atoms with Gasteiger partial charge in [-0.05, 0) is 65.3 Å². The average Bonchev–Trinajstić information content (AvgIpc) is 2.48. The van der Waals surface area contributed by atoms with Gasteiger partial charge in [0.1, 0.15) is 11.4 Å². The largest absolute Gasteiger partial charge is 0.494 e. The van der Waals surface area contributed by atoms with Crippen molar-refractivity contribution in [2.45, 2.75) is 58.7 Å². The molecule has 1 fully saturated rings. The molecule has 0 saturated carbocycles. The Morgan fingerprint density at radius 3 is 2.84 bits per heavy atom. The van der Waals surface area contributed by atoms with Gasteiger partial charge in [0.05, 0.1) is 6.61 Å². The summed E-state index contributed by atoms with van der Waals surface area (Å²) in [5.74, 6) is 0.870. The van der Waals surface area contributed by atoms with Crippen molar-refractivity contribution in [2.75, 3.05) is 19.7 Å². The zero-order valence-corrected chi connectivity index (χ0v) is 16.4. The highest BCUT2D eigenvalue weighted by Gasteiger charge is 2.24. The molecule has 6 heteroatoms. The Morgan fingerprint density at radius 1 is 1.40 bits per heavy atom. The van der Waals surface area contributed by atoms with E-state index < -0.39 is 5.60 Å². The van der Waals surface area contributed by atoms with Crippen molar-refractivity contribution in [2.24, 2.45) is 0 Å². The summed E-state index contributed by atoms with van der Waals surface area (Å²) >= 11 is 6.15. The van der Waals surface area contributed by atoms with Gasteiger partial charge >= 0.3 is 6.09 Å². The van der Waals surface area contributed by atoms with Crippen molar-refractivity contribution in [1.82, 2.24) is 10.2 Å². The molecular weight excluding hydrogens is 340 g/mol. The van der Waals surface area contributed by atoms with Gasteiger partial charge in [-0.15, -0.1) is 0 Å². The van der Waals surface area contributed by atoms with Crippen LogP contribution in [0.3, 0.4) is 0 Å². The number of nitrogens with zero attached hydrogens (tertiary/aromatic N) is 1. The molecule has 0 radical (unpaired) electrons. The molecule has 1 aliphatic heterocycles. The minimum Gasteiger partial charge on any atom is -0.494 e. The fourth-order valence-electron chi connectivity index (χ4n) is 3.00. The Bertz CT molecular complexity index is 587. The molecule has 1 heterocycles. The summed E-state index contributed by atoms with van der Waals surface area (Å²) in [6.07, 6.45) is 1.64. The Labute approximate surface area is 155 Å². The number of nitrogens with one attached hydrogen (secondary N) is 1. The molecule has 0 bridgehead atoms. The maximum absolute atomic E-state index is 12.0. The third-order valence-electron chi connectivity index (χ3n) is 3.94. The van der Waals surface area contributed by atoms with E-state index in [-0.39, 0.29) is 12.1 Å². The van der Waals surface area contributed by atoms with E-state index >= 15 is 0 Å². The van der Waals surface area contributed by atoms with E-state index in [9.17, 15) is 4.79 Å². The lowest BCUT2D eigenvalue weighted by atomic mass is 10.0. The summed E-state index contributed by atoms with van der Waals surface area (Å²) < 4.78 is 11.1. The van der Waals surface area contributed by atoms with E-state index in [0.717, 1.165) is 43.8 Å². The number of rotatable bonds is 5. The van der Waals surface area contributed by atoms with Crippen LogP contribution in [0.15, 0.2) is 18.2 Å². The van der Waals surface area contributed by atoms with Gasteiger partial charge in [-0.3, -0.25) is 4.90 Å². The van der Waals surface area contributed by atoms with E-state index in [1.165, 1.54) is 0 Å². The molecule has 1 amide bonds. The molecule has 1 atom stereocenters. The first kappa shape index (κ1) is 19.9. The maximum atomic E-state index is 12.0. The standard InChI is InChI=1S/C19H29ClN2O3/c1-5-24-17-9-8-15(20)11-14(17)12-22-10-6-7-16(13-22)21-18(23)25-19(2,3)4/h8-9,11,16H,5-7,10,12-13H2,1-4H3,(H,21,23)/t16-/m1/s1. The number of benzene rings is 1. The first-order valence-electron chi connectivity index (χ1n) is 8.90. The van der Waals surface area contributed by atoms with Crippen molar-refractivity contribution in [1.29, 1.82) is 0 Å². The summed E-state index contributed by atoms with van der Waals surface area (Å²) in [6.45, 7) is 10.7. The first-order chi connectivity index (χ1) is 11.8. The number of carbonyl (C=O) groups excluding carboxylic acids is 1. The van der Waals surface area contributed by atoms with Crippen molar-refractivity contribution < 1.29 is 14.3 Å². The summed E-state index contributed by atoms with van der Waals surface area (Å²) in [7, 11) is 0. The van der Waals surface area contributed by atoms with Crippen LogP contribution in [-0.4, -0.2) is 42.3 Å². The minimum absolute atomic E-state index is 0.0957. The Morgan fingerprint density at radius 2 is 2.16 bits per heavy atom. The van der Waals surface area contributed by atoms with Crippen LogP contribution in [0.25, 0.3) is 0 Å². The van der Waals surface area contributed by atoms with Crippen molar-refractivity contribution in [3.63, 3.8) is 0 Å². The maximum Gasteiger partial charge on any atom is 0.407 e. The highest BCUT2D eigenvalue weighted by Crippen LogP contribution is 2.25. The SMILES string of the molecule is CCOc1ccc(Cl)cc1CN1CCC[C@@H](NC(=O)OC(C)(C)C)C1. The molecule has 1 saturated heterocycles. The van der Waals surface area contributed by atoms with Crippen LogP contribution in [-0.2, 0) is 11.3 Å². The Hall–Kier alpha value is -1.46. The highest BCUT2D eigenvalue weighted by molar-refractivity contribution is 6.30. The molecule has 0 aliphatic carbocycles. The van der Waals surface area contributed by atoms with Crippen LogP contribution in [0, 0.1) is 0 Å². The summed E-state index contributed by atoms with van der Waals surface area (Å²) in [5.41, 5.74) is 0.596. The predicted octanol–water partition coefficient (Wildman–Crippen LogP) is 4.23. The summed E-state index contributed by atoms with van der Waals surface area (Å²) in [5, 5.41) is 3.69. The highest BCUT2D eigenvalue weighted by atomic mass is 35.5. The summed E-state index contributed by atoms with van der Waals surface area (Å²) in [6, 6.07) is 5.82. The normalized spacial score (nSPS) is 18.7. The molecule has 140 valence electrons. The zero-order chi connectivity index (χ0) is 18.4. The van der Waals surface area contributed by atoms with Gasteiger partial charge in [0, 0.05) is 29.7 Å². The van der Waals surface area contributed by atoms with Gasteiger partial charge in [-0.2, -0.15) is 0 Å². The second-order valence-corrected chi connectivity index (χ2v) is 7.84. The topological polar surface area (TPSA) is 50.8 Å². The second-order valence-electron chi connectivity index (χ2n) is 7.41. The van der Waals surface area contributed by atoms with E-state index in [2.05, 4.69) is 10.2 Å². The van der Waals surface area contributed by atoms with Gasteiger partial charge in [0.25, 0.3) is 0 Å². The van der Waals surface area contributed by atoms with Gasteiger partial charge in [-0.1, -0.05) is 11.6 Å². The minimum atomic E-state index is -0.481. The lowest BCUT2D eigenvalue weighted by molar-refractivity contribution is 0.0470. The molecule has 25 heavy (non-hydrogen) atoms. The van der Waals surface area contributed by atoms with Crippen LogP contribution in [0.4, 0.5) is 4.79 Å². The van der Waals surface area contributed by atoms with E-state index in [1.54, 1.807) is 0 Å². The van der Waals surface area contributed by atoms with Gasteiger partial charge in [-0.25, -0.2) is 4.79 Å². The second kappa shape index (κ2) is 8.77. The molecule has 1 aromatic rings. The average molecular weight is 369 g/mol. The molecule has 0 unspecified atom stereocenters. The number of piperidine rings is 1. The van der Waals surface area contributed by atoms with Crippen LogP contribution >= 0.6 is 11.6 Å². The number of halogens is 1. The lowest BCUT2D eigenvalue weighted by Crippen LogP contribution is -2.48. The molecule has 0 aromatic heterocycles. The predicted molar refractivity (Wildman–Crippen MR) is 100 cm³/mol. The zero-order valence-electron chi connectivity index (χ0n) is 15.6. The molecule has 1 N–H and O–H groups in total. The van der Waals surface area contributed by atoms with Crippen LogP contribution in [0.2, 0.25) is 5.02 Å². The van der Waals surface area contributed by atoms with Crippen LogP contribution in [0.1, 0.15) is 46.1 Å². The van der Waals surface area contributed by atoms with E-state index in [4.69, 9.17) is 21.1 Å². The number of likely N-dealkylation sites (tertiary alicyclic amines) is 1. The molecular formula is C19H29ClN2O3. The fourth-order valence-corrected chi connectivity index (χ4v) is 3.19. The monoisotopic (exact) mass is 368 g/mol. The van der Waals surface area contributed by atoms with Crippen molar-refractivity contribution >= 4 is 17.7 Å². The Balaban J connectivity index is 1.95. The fraction of sp³-hybridized carbons (Fsp3) is 0.632. The number of alkyl carbamates (subject to hydrolysis) is 1. The lowest BCUT2D eigenvalue weighted by Gasteiger charge is -2.33. The smallest absolute Gasteiger partial charge is 0.407 e. The number of hydrogen-bond acceptors (Lipinski definition) is 4. The van der Waals surface area contributed by atoms with E-state index in [1.807, 2.05) is 45.9 Å². The molecule has 1 aliphatic rings. The number of amides is 1. The van der Waals surface area contributed by atoms with Crippen LogP contribution in [0.5, 0.6) is 5.75 Å². The number of hydrogen-bond donors (Lipinski definition) is 1. The Kier molecular flexibility index (Phi) is 6.96. The number of carbonyl (C=O) groups is 1. The summed E-state index contributed by atoms with van der Waals surface area (Å²) in [4.78, 5) is 14.3.